The predicted molar refractivity (Wildman–Crippen MR) is 76.1 cm³/mol. The van der Waals surface area contributed by atoms with Gasteiger partial charge < -0.3 is 5.73 Å². The highest BCUT2D eigenvalue weighted by atomic mass is 79.9. The van der Waals surface area contributed by atoms with Gasteiger partial charge in [0.2, 0.25) is 0 Å². The van der Waals surface area contributed by atoms with Crippen LogP contribution in [0.25, 0.3) is 0 Å². The lowest BCUT2D eigenvalue weighted by atomic mass is 9.94. The van der Waals surface area contributed by atoms with Gasteiger partial charge in [-0.2, -0.15) is 0 Å². The quantitative estimate of drug-likeness (QED) is 0.909. The highest BCUT2D eigenvalue weighted by Gasteiger charge is 2.30. The molecule has 0 aliphatic carbocycles. The second kappa shape index (κ2) is 5.09. The van der Waals surface area contributed by atoms with Gasteiger partial charge in [0.15, 0.2) is 0 Å². The molecule has 2 nitrogen and oxygen atoms in total. The lowest BCUT2D eigenvalue weighted by molar-refractivity contribution is 0.312. The van der Waals surface area contributed by atoms with E-state index in [-0.39, 0.29) is 0 Å². The van der Waals surface area contributed by atoms with Crippen molar-refractivity contribution in [2.24, 2.45) is 11.7 Å². The highest BCUT2D eigenvalue weighted by Crippen LogP contribution is 2.37. The minimum absolute atomic E-state index is 0.528. The molecule has 1 aliphatic rings. The fourth-order valence-electron chi connectivity index (χ4n) is 2.83. The van der Waals surface area contributed by atoms with E-state index < -0.39 is 0 Å². The molecule has 1 aromatic carbocycles. The van der Waals surface area contributed by atoms with E-state index in [0.717, 1.165) is 13.1 Å². The Labute approximate surface area is 112 Å². The Kier molecular flexibility index (Phi) is 3.91. The van der Waals surface area contributed by atoms with Gasteiger partial charge in [-0.25, -0.2) is 0 Å². The molecule has 0 aromatic heterocycles. The average Bonchev–Trinajstić information content (AvgIpc) is 2.65. The number of rotatable bonds is 2. The summed E-state index contributed by atoms with van der Waals surface area (Å²) in [6, 6.07) is 4.98. The molecule has 94 valence electrons. The van der Waals surface area contributed by atoms with Crippen molar-refractivity contribution in [1.29, 1.82) is 0 Å². The van der Waals surface area contributed by atoms with Gasteiger partial charge in [-0.15, -0.1) is 0 Å². The van der Waals surface area contributed by atoms with Crippen molar-refractivity contribution in [2.75, 3.05) is 20.1 Å². The third-order valence-corrected chi connectivity index (χ3v) is 4.46. The van der Waals surface area contributed by atoms with Crippen LogP contribution in [0.5, 0.6) is 0 Å². The van der Waals surface area contributed by atoms with Crippen LogP contribution in [0.1, 0.15) is 29.2 Å². The van der Waals surface area contributed by atoms with Gasteiger partial charge in [-0.3, -0.25) is 4.90 Å². The molecule has 1 aliphatic heterocycles. The Balaban J connectivity index is 2.34. The molecule has 0 radical (unpaired) electrons. The lowest BCUT2D eigenvalue weighted by Crippen LogP contribution is -2.21. The molecule has 3 heteroatoms. The maximum atomic E-state index is 5.80. The maximum absolute atomic E-state index is 5.80. The number of aryl methyl sites for hydroxylation is 1. The molecule has 2 unspecified atom stereocenters. The third-order valence-electron chi connectivity index (χ3n) is 4.00. The molecule has 2 rings (SSSR count). The third kappa shape index (κ3) is 2.56. The minimum atomic E-state index is 0.528. The summed E-state index contributed by atoms with van der Waals surface area (Å²) in [6.45, 7) is 6.32. The molecule has 2 N–H and O–H groups in total. The Bertz CT molecular complexity index is 417. The number of hydrogen-bond acceptors (Lipinski definition) is 2. The molecule has 0 saturated carbocycles. The summed E-state index contributed by atoms with van der Waals surface area (Å²) in [7, 11) is 2.20. The molecule has 0 amide bonds. The van der Waals surface area contributed by atoms with Crippen molar-refractivity contribution in [2.45, 2.75) is 26.3 Å². The smallest absolute Gasteiger partial charge is 0.0351 e. The maximum Gasteiger partial charge on any atom is 0.0351 e. The number of nitrogens with two attached hydrogens (primary N) is 1. The zero-order valence-corrected chi connectivity index (χ0v) is 12.4. The first-order chi connectivity index (χ1) is 8.02. The Morgan fingerprint density at radius 1 is 1.41 bits per heavy atom. The largest absolute Gasteiger partial charge is 0.330 e. The van der Waals surface area contributed by atoms with Gasteiger partial charge in [0.25, 0.3) is 0 Å². The molecular weight excluding hydrogens is 276 g/mol. The van der Waals surface area contributed by atoms with E-state index in [1.165, 1.54) is 27.6 Å². The van der Waals surface area contributed by atoms with Crippen molar-refractivity contribution in [3.8, 4) is 0 Å². The van der Waals surface area contributed by atoms with Crippen LogP contribution in [-0.4, -0.2) is 25.0 Å². The molecule has 1 heterocycles. The summed E-state index contributed by atoms with van der Waals surface area (Å²) in [5.74, 6) is 0.642. The molecule has 1 fully saturated rings. The lowest BCUT2D eigenvalue weighted by Gasteiger charge is -2.23. The zero-order valence-electron chi connectivity index (χ0n) is 10.8. The molecule has 0 bridgehead atoms. The standard InChI is InChI=1S/C14H21BrN2/c1-9-4-12(15)6-13(10(9)2)14-5-11(7-16)8-17(14)3/h4,6,11,14H,5,7-8,16H2,1-3H3. The van der Waals surface area contributed by atoms with Crippen LogP contribution < -0.4 is 5.73 Å². The summed E-state index contributed by atoms with van der Waals surface area (Å²) in [4.78, 5) is 2.44. The van der Waals surface area contributed by atoms with Gasteiger partial charge in [-0.1, -0.05) is 15.9 Å². The van der Waals surface area contributed by atoms with E-state index in [9.17, 15) is 0 Å². The average molecular weight is 297 g/mol. The topological polar surface area (TPSA) is 29.3 Å². The van der Waals surface area contributed by atoms with Gasteiger partial charge in [-0.05, 0) is 68.6 Å². The number of hydrogen-bond donors (Lipinski definition) is 1. The first-order valence-electron chi connectivity index (χ1n) is 6.20. The first-order valence-corrected chi connectivity index (χ1v) is 6.99. The fourth-order valence-corrected chi connectivity index (χ4v) is 3.42. The molecule has 0 spiro atoms. The Morgan fingerprint density at radius 3 is 2.71 bits per heavy atom. The van der Waals surface area contributed by atoms with Crippen LogP contribution in [0, 0.1) is 19.8 Å². The summed E-state index contributed by atoms with van der Waals surface area (Å²) >= 11 is 3.60. The minimum Gasteiger partial charge on any atom is -0.330 e. The van der Waals surface area contributed by atoms with Crippen LogP contribution in [0.15, 0.2) is 16.6 Å². The van der Waals surface area contributed by atoms with Gasteiger partial charge in [0.1, 0.15) is 0 Å². The zero-order chi connectivity index (χ0) is 12.6. The van der Waals surface area contributed by atoms with Crippen molar-refractivity contribution < 1.29 is 0 Å². The fraction of sp³-hybridized carbons (Fsp3) is 0.571. The molecule has 1 aromatic rings. The molecular formula is C14H21BrN2. The molecule has 2 atom stereocenters. The number of halogens is 1. The van der Waals surface area contributed by atoms with Crippen LogP contribution >= 0.6 is 15.9 Å². The van der Waals surface area contributed by atoms with Gasteiger partial charge in [0.05, 0.1) is 0 Å². The van der Waals surface area contributed by atoms with E-state index in [2.05, 4.69) is 53.9 Å². The van der Waals surface area contributed by atoms with Crippen LogP contribution in [0.2, 0.25) is 0 Å². The SMILES string of the molecule is Cc1cc(Br)cc(C2CC(CN)CN2C)c1C. The van der Waals surface area contributed by atoms with Gasteiger partial charge in [0, 0.05) is 17.1 Å². The van der Waals surface area contributed by atoms with Crippen molar-refractivity contribution in [1.82, 2.24) is 4.90 Å². The molecule has 1 saturated heterocycles. The van der Waals surface area contributed by atoms with Gasteiger partial charge >= 0.3 is 0 Å². The Hall–Kier alpha value is -0.380. The normalized spacial score (nSPS) is 25.5. The summed E-state index contributed by atoms with van der Waals surface area (Å²) in [6.07, 6.45) is 1.18. The van der Waals surface area contributed by atoms with E-state index in [0.29, 0.717) is 12.0 Å². The molecule has 17 heavy (non-hydrogen) atoms. The summed E-state index contributed by atoms with van der Waals surface area (Å²) in [5.41, 5.74) is 10.0. The number of benzene rings is 1. The second-order valence-electron chi connectivity index (χ2n) is 5.23. The highest BCUT2D eigenvalue weighted by molar-refractivity contribution is 9.10. The van der Waals surface area contributed by atoms with E-state index in [1.807, 2.05) is 0 Å². The summed E-state index contributed by atoms with van der Waals surface area (Å²) < 4.78 is 1.18. The van der Waals surface area contributed by atoms with Crippen LogP contribution in [0.4, 0.5) is 0 Å². The first kappa shape index (κ1) is 13.1. The van der Waals surface area contributed by atoms with Crippen molar-refractivity contribution >= 4 is 15.9 Å². The van der Waals surface area contributed by atoms with Crippen molar-refractivity contribution in [3.63, 3.8) is 0 Å². The number of likely N-dealkylation sites (tertiary alicyclic amines) is 1. The van der Waals surface area contributed by atoms with E-state index in [4.69, 9.17) is 5.73 Å². The van der Waals surface area contributed by atoms with Crippen LogP contribution in [0.3, 0.4) is 0 Å². The number of nitrogens with zero attached hydrogens (tertiary/aromatic N) is 1. The van der Waals surface area contributed by atoms with Crippen LogP contribution in [-0.2, 0) is 0 Å². The van der Waals surface area contributed by atoms with E-state index in [1.54, 1.807) is 0 Å². The van der Waals surface area contributed by atoms with Crippen molar-refractivity contribution in [3.05, 3.63) is 33.3 Å². The Morgan fingerprint density at radius 2 is 2.12 bits per heavy atom. The predicted octanol–water partition coefficient (Wildman–Crippen LogP) is 3.02. The second-order valence-corrected chi connectivity index (χ2v) is 6.15. The summed E-state index contributed by atoms with van der Waals surface area (Å²) in [5, 5.41) is 0. The van der Waals surface area contributed by atoms with E-state index >= 15 is 0 Å². The monoisotopic (exact) mass is 296 g/mol.